The Hall–Kier alpha value is -2.55. The Labute approximate surface area is 194 Å². The highest BCUT2D eigenvalue weighted by atomic mass is 32.1. The van der Waals surface area contributed by atoms with Gasteiger partial charge in [-0.25, -0.2) is 4.98 Å². The Bertz CT molecular complexity index is 1370. The van der Waals surface area contributed by atoms with Crippen molar-refractivity contribution in [2.24, 2.45) is 0 Å². The second kappa shape index (κ2) is 8.42. The third-order valence-corrected chi connectivity index (χ3v) is 8.09. The van der Waals surface area contributed by atoms with E-state index in [9.17, 15) is 9.59 Å². The molecule has 1 fully saturated rings. The molecule has 8 heteroatoms. The molecule has 0 bridgehead atoms. The molecule has 1 saturated heterocycles. The van der Waals surface area contributed by atoms with E-state index in [-0.39, 0.29) is 24.0 Å². The first-order valence-electron chi connectivity index (χ1n) is 10.8. The molecule has 0 spiro atoms. The van der Waals surface area contributed by atoms with Gasteiger partial charge in [0.2, 0.25) is 0 Å². The van der Waals surface area contributed by atoms with Crippen LogP contribution in [0.5, 0.6) is 0 Å². The highest BCUT2D eigenvalue weighted by Crippen LogP contribution is 2.35. The van der Waals surface area contributed by atoms with Crippen molar-refractivity contribution >= 4 is 38.7 Å². The van der Waals surface area contributed by atoms with E-state index in [0.717, 1.165) is 47.8 Å². The number of fused-ring (bicyclic) bond motifs is 1. The van der Waals surface area contributed by atoms with Gasteiger partial charge in [-0.05, 0) is 51.8 Å². The normalized spacial score (nSPS) is 16.3. The van der Waals surface area contributed by atoms with Crippen molar-refractivity contribution in [3.63, 3.8) is 0 Å². The van der Waals surface area contributed by atoms with Gasteiger partial charge in [0, 0.05) is 50.8 Å². The first-order valence-corrected chi connectivity index (χ1v) is 12.5. The lowest BCUT2D eigenvalue weighted by Crippen LogP contribution is -2.25. The lowest BCUT2D eigenvalue weighted by Gasteiger charge is -2.14. The van der Waals surface area contributed by atoms with E-state index in [4.69, 9.17) is 4.74 Å². The molecule has 0 unspecified atom stereocenters. The molecule has 4 aromatic heterocycles. The number of ketones is 1. The summed E-state index contributed by atoms with van der Waals surface area (Å²) < 4.78 is 9.37. The number of carbonyl (C=O) groups is 1. The van der Waals surface area contributed by atoms with Crippen LogP contribution in [0.1, 0.15) is 39.5 Å². The summed E-state index contributed by atoms with van der Waals surface area (Å²) in [6.45, 7) is 7.58. The molecule has 1 aliphatic heterocycles. The summed E-state index contributed by atoms with van der Waals surface area (Å²) in [5.41, 5.74) is 3.36. The smallest absolute Gasteiger partial charge is 0.263 e. The summed E-state index contributed by atoms with van der Waals surface area (Å²) in [5, 5.41) is 2.57. The number of ether oxygens (including phenoxy) is 1. The fourth-order valence-electron chi connectivity index (χ4n) is 4.44. The molecule has 1 atom stereocenters. The Morgan fingerprint density at radius 2 is 2.12 bits per heavy atom. The van der Waals surface area contributed by atoms with Crippen molar-refractivity contribution in [2.45, 2.75) is 52.8 Å². The predicted molar refractivity (Wildman–Crippen MR) is 129 cm³/mol. The van der Waals surface area contributed by atoms with Crippen molar-refractivity contribution in [3.8, 4) is 10.4 Å². The minimum atomic E-state index is -0.168. The van der Waals surface area contributed by atoms with Gasteiger partial charge in [-0.15, -0.1) is 22.7 Å². The zero-order chi connectivity index (χ0) is 22.4. The highest BCUT2D eigenvalue weighted by molar-refractivity contribution is 7.19. The number of rotatable bonds is 6. The fourth-order valence-corrected chi connectivity index (χ4v) is 6.30. The number of aromatic nitrogens is 3. The lowest BCUT2D eigenvalue weighted by molar-refractivity contribution is 0.0948. The van der Waals surface area contributed by atoms with Crippen molar-refractivity contribution in [3.05, 3.63) is 62.1 Å². The molecule has 0 aromatic carbocycles. The van der Waals surface area contributed by atoms with E-state index in [1.54, 1.807) is 11.3 Å². The summed E-state index contributed by atoms with van der Waals surface area (Å²) >= 11 is 3.12. The second-order valence-electron chi connectivity index (χ2n) is 8.37. The fraction of sp³-hybridized carbons (Fsp3) is 0.375. The molecule has 0 radical (unpaired) electrons. The van der Waals surface area contributed by atoms with Crippen LogP contribution >= 0.6 is 22.7 Å². The maximum Gasteiger partial charge on any atom is 0.263 e. The van der Waals surface area contributed by atoms with E-state index >= 15 is 0 Å². The standard InChI is InChI=1S/C24H25N3O3S2/c1-14-9-18(16(3)27(14)10-17-5-4-8-30-17)20(28)11-26-13-25-23-22(24(26)29)19(12-31-23)21-7-6-15(2)32-21/h6-7,9,12-13,17H,4-5,8,10-11H2,1-3H3/t17-/m1/s1. The van der Waals surface area contributed by atoms with E-state index in [1.165, 1.54) is 27.1 Å². The Kier molecular flexibility index (Phi) is 5.61. The van der Waals surface area contributed by atoms with Crippen LogP contribution in [0.4, 0.5) is 0 Å². The van der Waals surface area contributed by atoms with E-state index < -0.39 is 0 Å². The van der Waals surface area contributed by atoms with Crippen LogP contribution < -0.4 is 5.56 Å². The number of thiophene rings is 2. The SMILES string of the molecule is Cc1ccc(-c2csc3ncn(CC(=O)c4cc(C)n(C[C@H]5CCCO5)c4C)c(=O)c23)s1. The quantitative estimate of drug-likeness (QED) is 0.375. The second-order valence-corrected chi connectivity index (χ2v) is 10.5. The molecule has 0 N–H and O–H groups in total. The maximum atomic E-state index is 13.3. The summed E-state index contributed by atoms with van der Waals surface area (Å²) in [6, 6.07) is 6.01. The average Bonchev–Trinajstić information content (AvgIpc) is 3.55. The van der Waals surface area contributed by atoms with Crippen molar-refractivity contribution in [2.75, 3.05) is 6.61 Å². The van der Waals surface area contributed by atoms with Crippen LogP contribution in [-0.2, 0) is 17.8 Å². The molecular formula is C24H25N3O3S2. The van der Waals surface area contributed by atoms with Gasteiger partial charge in [0.1, 0.15) is 4.83 Å². The number of nitrogens with zero attached hydrogens (tertiary/aromatic N) is 3. The first kappa shape index (κ1) is 21.3. The Morgan fingerprint density at radius 3 is 2.84 bits per heavy atom. The monoisotopic (exact) mass is 467 g/mol. The summed E-state index contributed by atoms with van der Waals surface area (Å²) in [5.74, 6) is -0.0799. The van der Waals surface area contributed by atoms with E-state index in [2.05, 4.69) is 9.55 Å². The van der Waals surface area contributed by atoms with Gasteiger partial charge in [-0.3, -0.25) is 14.2 Å². The van der Waals surface area contributed by atoms with Crippen LogP contribution in [-0.4, -0.2) is 32.6 Å². The lowest BCUT2D eigenvalue weighted by atomic mass is 10.1. The average molecular weight is 468 g/mol. The van der Waals surface area contributed by atoms with Crippen LogP contribution in [0.3, 0.4) is 0 Å². The third kappa shape index (κ3) is 3.76. The number of hydrogen-bond donors (Lipinski definition) is 0. The minimum absolute atomic E-state index is 0.0231. The predicted octanol–water partition coefficient (Wildman–Crippen LogP) is 4.98. The molecule has 0 saturated carbocycles. The summed E-state index contributed by atoms with van der Waals surface area (Å²) in [7, 11) is 0. The zero-order valence-corrected chi connectivity index (χ0v) is 20.0. The number of hydrogen-bond acceptors (Lipinski definition) is 6. The molecule has 5 rings (SSSR count). The summed E-state index contributed by atoms with van der Waals surface area (Å²) in [6.07, 6.45) is 3.83. The van der Waals surface area contributed by atoms with Crippen LogP contribution in [0.25, 0.3) is 20.7 Å². The molecule has 5 heterocycles. The molecule has 166 valence electrons. The van der Waals surface area contributed by atoms with Crippen molar-refractivity contribution in [1.82, 2.24) is 14.1 Å². The minimum Gasteiger partial charge on any atom is -0.376 e. The molecule has 0 aliphatic carbocycles. The number of Topliss-reactive ketones (excluding diaryl/α,β-unsaturated/α-hetero) is 1. The van der Waals surface area contributed by atoms with Crippen molar-refractivity contribution in [1.29, 1.82) is 0 Å². The van der Waals surface area contributed by atoms with Gasteiger partial charge < -0.3 is 9.30 Å². The Balaban J connectivity index is 1.45. The maximum absolute atomic E-state index is 13.3. The van der Waals surface area contributed by atoms with E-state index in [1.807, 2.05) is 44.4 Å². The third-order valence-electron chi connectivity index (χ3n) is 6.16. The first-order chi connectivity index (χ1) is 15.4. The molecule has 32 heavy (non-hydrogen) atoms. The van der Waals surface area contributed by atoms with Crippen molar-refractivity contribution < 1.29 is 9.53 Å². The largest absolute Gasteiger partial charge is 0.376 e. The topological polar surface area (TPSA) is 66.1 Å². The van der Waals surface area contributed by atoms with Crippen LogP contribution in [0, 0.1) is 20.8 Å². The van der Waals surface area contributed by atoms with Gasteiger partial charge in [-0.1, -0.05) is 0 Å². The van der Waals surface area contributed by atoms with Gasteiger partial charge in [0.25, 0.3) is 5.56 Å². The van der Waals surface area contributed by atoms with Gasteiger partial charge in [-0.2, -0.15) is 0 Å². The van der Waals surface area contributed by atoms with Gasteiger partial charge >= 0.3 is 0 Å². The molecule has 1 aliphatic rings. The van der Waals surface area contributed by atoms with Crippen LogP contribution in [0.15, 0.2) is 34.7 Å². The van der Waals surface area contributed by atoms with Gasteiger partial charge in [0.15, 0.2) is 5.78 Å². The molecule has 0 amide bonds. The highest BCUT2D eigenvalue weighted by Gasteiger charge is 2.22. The number of aryl methyl sites for hydroxylation is 2. The van der Waals surface area contributed by atoms with E-state index in [0.29, 0.717) is 15.8 Å². The van der Waals surface area contributed by atoms with Crippen LogP contribution in [0.2, 0.25) is 0 Å². The number of carbonyl (C=O) groups excluding carboxylic acids is 1. The molecular weight excluding hydrogens is 442 g/mol. The Morgan fingerprint density at radius 1 is 1.28 bits per heavy atom. The zero-order valence-electron chi connectivity index (χ0n) is 18.4. The molecule has 6 nitrogen and oxygen atoms in total. The summed E-state index contributed by atoms with van der Waals surface area (Å²) in [4.78, 5) is 33.9. The molecule has 4 aromatic rings. The van der Waals surface area contributed by atoms with Gasteiger partial charge in [0.05, 0.1) is 24.4 Å².